The largest absolute Gasteiger partial charge is 0.460 e. The van der Waals surface area contributed by atoms with Crippen molar-refractivity contribution < 1.29 is 9.53 Å². The van der Waals surface area contributed by atoms with E-state index in [4.69, 9.17) is 26.0 Å². The molecular weight excluding hydrogens is 426 g/mol. The predicted octanol–water partition coefficient (Wildman–Crippen LogP) is 5.46. The average Bonchev–Trinajstić information content (AvgIpc) is 2.81. The van der Waals surface area contributed by atoms with Crippen molar-refractivity contribution in [2.24, 2.45) is 16.8 Å². The molecule has 1 aromatic carbocycles. The summed E-state index contributed by atoms with van der Waals surface area (Å²) in [6.45, 7) is 4.07. The molecule has 0 saturated carbocycles. The number of rotatable bonds is 6. The number of carbonyl (C=O) groups is 1. The van der Waals surface area contributed by atoms with Gasteiger partial charge in [0.2, 0.25) is 0 Å². The Morgan fingerprint density at radius 3 is 2.68 bits per heavy atom. The fraction of sp³-hybridized carbons (Fsp3) is 0.407. The van der Waals surface area contributed by atoms with Gasteiger partial charge in [-0.3, -0.25) is 9.79 Å². The fourth-order valence-corrected chi connectivity index (χ4v) is 4.24. The Kier molecular flexibility index (Phi) is 7.91. The van der Waals surface area contributed by atoms with E-state index in [0.29, 0.717) is 35.5 Å². The summed E-state index contributed by atoms with van der Waals surface area (Å²) in [7, 11) is 3.37. The Morgan fingerprint density at radius 2 is 2.09 bits per heavy atom. The molecule has 2 aliphatic rings. The Balaban J connectivity index is 2.02. The molecule has 0 spiro atoms. The first-order valence-corrected chi connectivity index (χ1v) is 11.5. The summed E-state index contributed by atoms with van der Waals surface area (Å²) < 4.78 is 6.39. The summed E-state index contributed by atoms with van der Waals surface area (Å²) in [5.74, 6) is 1.02. The number of hydrogen-bond acceptors (Lipinski definition) is 6. The quantitative estimate of drug-likeness (QED) is 0.570. The van der Waals surface area contributed by atoms with Crippen molar-refractivity contribution in [3.8, 4) is 17.9 Å². The molecule has 34 heavy (non-hydrogen) atoms. The van der Waals surface area contributed by atoms with Gasteiger partial charge in [-0.1, -0.05) is 24.6 Å². The minimum Gasteiger partial charge on any atom is -0.460 e. The van der Waals surface area contributed by atoms with E-state index in [0.717, 1.165) is 36.3 Å². The van der Waals surface area contributed by atoms with Crippen LogP contribution in [0.2, 0.25) is 0 Å². The summed E-state index contributed by atoms with van der Waals surface area (Å²) >= 11 is 0. The van der Waals surface area contributed by atoms with Gasteiger partial charge in [-0.25, -0.2) is 0 Å². The molecule has 0 bridgehead atoms. The van der Waals surface area contributed by atoms with Gasteiger partial charge in [0, 0.05) is 38.2 Å². The summed E-state index contributed by atoms with van der Waals surface area (Å²) in [5, 5.41) is 18.0. The van der Waals surface area contributed by atoms with Gasteiger partial charge in [0.25, 0.3) is 5.91 Å². The fourth-order valence-electron chi connectivity index (χ4n) is 4.24. The van der Waals surface area contributed by atoms with Crippen LogP contribution in [0.25, 0.3) is 0 Å². The number of ether oxygens (including phenoxy) is 1. The number of nitrogen functional groups attached to an aromatic ring is 1. The normalized spacial score (nSPS) is 21.0. The molecule has 2 atom stereocenters. The number of nitrogens with two attached hydrogens (primary N) is 1. The SMILES string of the molecule is CC1=C(Oc2cc(N=C3C=CC(C#N)CC3)c(N)cc2C(=O)N(C)C)C(C)CC(CCC#N)=C1. The van der Waals surface area contributed by atoms with Crippen LogP contribution >= 0.6 is 0 Å². The number of allylic oxidation sites excluding steroid dienone is 6. The highest BCUT2D eigenvalue weighted by atomic mass is 16.5. The van der Waals surface area contributed by atoms with E-state index in [1.807, 2.05) is 19.1 Å². The van der Waals surface area contributed by atoms with Gasteiger partial charge < -0.3 is 15.4 Å². The molecule has 2 unspecified atom stereocenters. The van der Waals surface area contributed by atoms with Gasteiger partial charge in [0.15, 0.2) is 0 Å². The van der Waals surface area contributed by atoms with E-state index in [1.54, 1.807) is 26.2 Å². The van der Waals surface area contributed by atoms with Crippen molar-refractivity contribution in [3.05, 3.63) is 52.8 Å². The second kappa shape index (κ2) is 10.9. The monoisotopic (exact) mass is 457 g/mol. The molecule has 0 aromatic heterocycles. The molecule has 0 radical (unpaired) electrons. The van der Waals surface area contributed by atoms with E-state index in [2.05, 4.69) is 25.1 Å². The first kappa shape index (κ1) is 24.8. The van der Waals surface area contributed by atoms with E-state index in [9.17, 15) is 4.79 Å². The predicted molar refractivity (Wildman–Crippen MR) is 133 cm³/mol. The second-order valence-electron chi connectivity index (χ2n) is 9.06. The molecule has 0 aliphatic heterocycles. The first-order chi connectivity index (χ1) is 16.2. The highest BCUT2D eigenvalue weighted by Gasteiger charge is 2.24. The lowest BCUT2D eigenvalue weighted by atomic mass is 9.88. The molecule has 7 nitrogen and oxygen atoms in total. The number of aliphatic imine (C=N–C) groups is 1. The number of carbonyl (C=O) groups excluding carboxylic acids is 1. The summed E-state index contributed by atoms with van der Waals surface area (Å²) in [4.78, 5) is 19.1. The molecule has 0 fully saturated rings. The third kappa shape index (κ3) is 5.74. The lowest BCUT2D eigenvalue weighted by molar-refractivity contribution is 0.0824. The van der Waals surface area contributed by atoms with E-state index in [1.165, 1.54) is 10.5 Å². The van der Waals surface area contributed by atoms with Gasteiger partial charge in [0.1, 0.15) is 11.5 Å². The number of nitriles is 2. The Bertz CT molecular complexity index is 1170. The van der Waals surface area contributed by atoms with E-state index in [-0.39, 0.29) is 17.7 Å². The van der Waals surface area contributed by atoms with Crippen LogP contribution in [0.15, 0.2) is 52.3 Å². The zero-order valence-corrected chi connectivity index (χ0v) is 20.3. The topological polar surface area (TPSA) is 116 Å². The minimum absolute atomic E-state index is 0.0934. The molecule has 2 N–H and O–H groups in total. The third-order valence-electron chi connectivity index (χ3n) is 6.03. The van der Waals surface area contributed by atoms with Gasteiger partial charge in [0.05, 0.1) is 35.0 Å². The maximum Gasteiger partial charge on any atom is 0.257 e. The summed E-state index contributed by atoms with van der Waals surface area (Å²) in [6.07, 6.45) is 9.25. The smallest absolute Gasteiger partial charge is 0.257 e. The molecular formula is C27H31N5O2. The molecule has 7 heteroatoms. The Morgan fingerprint density at radius 1 is 1.32 bits per heavy atom. The van der Waals surface area contributed by atoms with E-state index >= 15 is 0 Å². The van der Waals surface area contributed by atoms with Crippen molar-refractivity contribution in [2.45, 2.75) is 46.0 Å². The van der Waals surface area contributed by atoms with Crippen LogP contribution < -0.4 is 10.5 Å². The summed E-state index contributed by atoms with van der Waals surface area (Å²) in [6, 6.07) is 7.81. The number of anilines is 1. The van der Waals surface area contributed by atoms with Gasteiger partial charge >= 0.3 is 0 Å². The van der Waals surface area contributed by atoms with Gasteiger partial charge in [-0.2, -0.15) is 10.5 Å². The van der Waals surface area contributed by atoms with Crippen molar-refractivity contribution >= 4 is 23.0 Å². The van der Waals surface area contributed by atoms with Crippen molar-refractivity contribution in [1.82, 2.24) is 4.90 Å². The Hall–Kier alpha value is -3.84. The lowest BCUT2D eigenvalue weighted by Crippen LogP contribution is -2.23. The van der Waals surface area contributed by atoms with Crippen LogP contribution in [0.5, 0.6) is 5.75 Å². The van der Waals surface area contributed by atoms with Crippen LogP contribution in [0, 0.1) is 34.5 Å². The highest BCUT2D eigenvalue weighted by molar-refractivity contribution is 6.01. The highest BCUT2D eigenvalue weighted by Crippen LogP contribution is 2.38. The molecule has 176 valence electrons. The van der Waals surface area contributed by atoms with Crippen LogP contribution in [-0.4, -0.2) is 30.6 Å². The third-order valence-corrected chi connectivity index (χ3v) is 6.03. The maximum absolute atomic E-state index is 12.9. The number of amides is 1. The number of nitrogens with zero attached hydrogens (tertiary/aromatic N) is 4. The van der Waals surface area contributed by atoms with Crippen molar-refractivity contribution in [1.29, 1.82) is 10.5 Å². The van der Waals surface area contributed by atoms with Crippen LogP contribution in [-0.2, 0) is 0 Å². The van der Waals surface area contributed by atoms with Gasteiger partial charge in [-0.15, -0.1) is 0 Å². The average molecular weight is 458 g/mol. The van der Waals surface area contributed by atoms with Crippen LogP contribution in [0.4, 0.5) is 11.4 Å². The molecule has 0 saturated heterocycles. The maximum atomic E-state index is 12.9. The summed E-state index contributed by atoms with van der Waals surface area (Å²) in [5.41, 5.74) is 10.6. The Labute approximate surface area is 201 Å². The van der Waals surface area contributed by atoms with E-state index < -0.39 is 0 Å². The molecule has 3 rings (SSSR count). The number of benzene rings is 1. The van der Waals surface area contributed by atoms with Crippen molar-refractivity contribution in [2.75, 3.05) is 19.8 Å². The first-order valence-electron chi connectivity index (χ1n) is 11.5. The molecule has 0 heterocycles. The molecule has 1 aromatic rings. The van der Waals surface area contributed by atoms with Crippen LogP contribution in [0.1, 0.15) is 56.3 Å². The number of hydrogen-bond donors (Lipinski definition) is 1. The minimum atomic E-state index is -0.206. The zero-order valence-electron chi connectivity index (χ0n) is 20.3. The molecule has 1 amide bonds. The van der Waals surface area contributed by atoms with Crippen molar-refractivity contribution in [3.63, 3.8) is 0 Å². The molecule has 2 aliphatic carbocycles. The standard InChI is InChI=1S/C27H31N5O2/c1-17-12-20(6-5-11-28)13-18(2)26(17)34-25-15-24(23(30)14-22(25)27(33)32(3)4)31-21-9-7-19(16-29)8-10-21/h7,9,12,14-15,18-19H,5-6,8,10,13,30H2,1-4H3. The second-order valence-corrected chi connectivity index (χ2v) is 9.06. The van der Waals surface area contributed by atoms with Crippen LogP contribution in [0.3, 0.4) is 0 Å². The lowest BCUT2D eigenvalue weighted by Gasteiger charge is -2.26. The van der Waals surface area contributed by atoms with Gasteiger partial charge in [-0.05, 0) is 50.3 Å². The zero-order chi connectivity index (χ0) is 24.8.